The Balaban J connectivity index is 3.81. The maximum Gasteiger partial charge on any atom is 0.00276 e. The minimum absolute atomic E-state index is 0.669. The van der Waals surface area contributed by atoms with Crippen LogP contribution in [0, 0.1) is 17.8 Å². The second-order valence-electron chi connectivity index (χ2n) is 3.61. The van der Waals surface area contributed by atoms with E-state index in [1.807, 2.05) is 13.2 Å². The molecule has 0 aliphatic heterocycles. The summed E-state index contributed by atoms with van der Waals surface area (Å²) < 4.78 is 0. The molecule has 0 bridgehead atoms. The van der Waals surface area contributed by atoms with Gasteiger partial charge in [-0.3, -0.25) is 0 Å². The Morgan fingerprint density at radius 3 is 2.00 bits per heavy atom. The van der Waals surface area contributed by atoms with Gasteiger partial charge in [0.2, 0.25) is 0 Å². The van der Waals surface area contributed by atoms with Crippen LogP contribution in [0.3, 0.4) is 0 Å². The molecule has 0 heterocycles. The van der Waals surface area contributed by atoms with Crippen LogP contribution < -0.4 is 5.32 Å². The molecule has 11 heavy (non-hydrogen) atoms. The van der Waals surface area contributed by atoms with Crippen molar-refractivity contribution < 1.29 is 0 Å². The lowest BCUT2D eigenvalue weighted by Gasteiger charge is -2.20. The molecule has 0 aromatic carbocycles. The van der Waals surface area contributed by atoms with E-state index in [1.165, 1.54) is 0 Å². The van der Waals surface area contributed by atoms with E-state index in [-0.39, 0.29) is 0 Å². The van der Waals surface area contributed by atoms with Crippen molar-refractivity contribution in [3.63, 3.8) is 0 Å². The van der Waals surface area contributed by atoms with E-state index in [0.717, 1.165) is 11.8 Å². The van der Waals surface area contributed by atoms with E-state index in [2.05, 4.69) is 39.1 Å². The molecule has 0 aromatic heterocycles. The van der Waals surface area contributed by atoms with E-state index < -0.39 is 0 Å². The zero-order valence-electron chi connectivity index (χ0n) is 8.39. The molecule has 1 heteroatoms. The van der Waals surface area contributed by atoms with Gasteiger partial charge >= 0.3 is 0 Å². The molecular weight excluding hydrogens is 134 g/mol. The Kier molecular flexibility index (Phi) is 5.01. The molecule has 0 aliphatic carbocycles. The van der Waals surface area contributed by atoms with Gasteiger partial charge < -0.3 is 5.32 Å². The third-order valence-corrected chi connectivity index (χ3v) is 2.45. The molecule has 0 radical (unpaired) electrons. The minimum atomic E-state index is 0.669. The summed E-state index contributed by atoms with van der Waals surface area (Å²) in [6.07, 6.45) is 4.24. The SMILES string of the molecule is CN/C=C/C(C)C(C)C(C)C. The van der Waals surface area contributed by atoms with E-state index in [0.29, 0.717) is 5.92 Å². The van der Waals surface area contributed by atoms with Crippen molar-refractivity contribution >= 4 is 0 Å². The fourth-order valence-electron chi connectivity index (χ4n) is 1.03. The quantitative estimate of drug-likeness (QED) is 0.658. The van der Waals surface area contributed by atoms with Gasteiger partial charge in [-0.15, -0.1) is 0 Å². The zero-order chi connectivity index (χ0) is 8.85. The summed E-state index contributed by atoms with van der Waals surface area (Å²) in [4.78, 5) is 0. The summed E-state index contributed by atoms with van der Waals surface area (Å²) in [5, 5.41) is 3.01. The van der Waals surface area contributed by atoms with Crippen molar-refractivity contribution in [2.75, 3.05) is 7.05 Å². The topological polar surface area (TPSA) is 12.0 Å². The lowest BCUT2D eigenvalue weighted by atomic mass is 9.86. The third kappa shape index (κ3) is 4.07. The highest BCUT2D eigenvalue weighted by molar-refractivity contribution is 4.86. The number of rotatable bonds is 4. The molecule has 0 saturated heterocycles. The van der Waals surface area contributed by atoms with Crippen LogP contribution in [0.5, 0.6) is 0 Å². The van der Waals surface area contributed by atoms with Gasteiger partial charge in [0.1, 0.15) is 0 Å². The molecule has 0 amide bonds. The van der Waals surface area contributed by atoms with Crippen molar-refractivity contribution in [3.05, 3.63) is 12.3 Å². The van der Waals surface area contributed by atoms with Crippen LogP contribution in [0.1, 0.15) is 27.7 Å². The largest absolute Gasteiger partial charge is 0.394 e. The fraction of sp³-hybridized carbons (Fsp3) is 0.800. The van der Waals surface area contributed by atoms with Gasteiger partial charge in [0, 0.05) is 7.05 Å². The van der Waals surface area contributed by atoms with Gasteiger partial charge in [-0.05, 0) is 24.0 Å². The number of allylic oxidation sites excluding steroid dienone is 1. The molecule has 66 valence electrons. The van der Waals surface area contributed by atoms with Crippen LogP contribution in [0.25, 0.3) is 0 Å². The Bertz CT molecular complexity index is 116. The number of hydrogen-bond acceptors (Lipinski definition) is 1. The lowest BCUT2D eigenvalue weighted by Crippen LogP contribution is -2.12. The fourth-order valence-corrected chi connectivity index (χ4v) is 1.03. The summed E-state index contributed by atoms with van der Waals surface area (Å²) in [7, 11) is 1.93. The van der Waals surface area contributed by atoms with Gasteiger partial charge in [-0.1, -0.05) is 33.8 Å². The monoisotopic (exact) mass is 155 g/mol. The van der Waals surface area contributed by atoms with E-state index in [9.17, 15) is 0 Å². The first-order valence-electron chi connectivity index (χ1n) is 4.43. The summed E-state index contributed by atoms with van der Waals surface area (Å²) in [6.45, 7) is 9.11. The normalized spacial score (nSPS) is 17.3. The summed E-state index contributed by atoms with van der Waals surface area (Å²) in [6, 6.07) is 0. The van der Waals surface area contributed by atoms with Crippen LogP contribution in [-0.2, 0) is 0 Å². The highest BCUT2D eigenvalue weighted by atomic mass is 14.8. The third-order valence-electron chi connectivity index (χ3n) is 2.45. The molecule has 0 rings (SSSR count). The molecule has 0 aliphatic rings. The van der Waals surface area contributed by atoms with Crippen molar-refractivity contribution in [2.45, 2.75) is 27.7 Å². The molecule has 0 fully saturated rings. The summed E-state index contributed by atoms with van der Waals surface area (Å²) in [5.41, 5.74) is 0. The Hall–Kier alpha value is -0.460. The van der Waals surface area contributed by atoms with Gasteiger partial charge in [-0.2, -0.15) is 0 Å². The average Bonchev–Trinajstić information content (AvgIpc) is 1.98. The van der Waals surface area contributed by atoms with Gasteiger partial charge in [-0.25, -0.2) is 0 Å². The van der Waals surface area contributed by atoms with Crippen LogP contribution in [0.2, 0.25) is 0 Å². The maximum absolute atomic E-state index is 3.01. The highest BCUT2D eigenvalue weighted by Gasteiger charge is 2.12. The van der Waals surface area contributed by atoms with Crippen molar-refractivity contribution in [1.82, 2.24) is 5.32 Å². The standard InChI is InChI=1S/C10H21N/c1-8(2)10(4)9(3)6-7-11-5/h6-11H,1-5H3/b7-6+. The molecular formula is C10H21N. The van der Waals surface area contributed by atoms with Gasteiger partial charge in [0.05, 0.1) is 0 Å². The first kappa shape index (κ1) is 10.5. The summed E-state index contributed by atoms with van der Waals surface area (Å²) in [5.74, 6) is 2.20. The zero-order valence-corrected chi connectivity index (χ0v) is 8.39. The molecule has 1 N–H and O–H groups in total. The summed E-state index contributed by atoms with van der Waals surface area (Å²) >= 11 is 0. The first-order chi connectivity index (χ1) is 5.09. The molecule has 1 nitrogen and oxygen atoms in total. The second-order valence-corrected chi connectivity index (χ2v) is 3.61. The highest BCUT2D eigenvalue weighted by Crippen LogP contribution is 2.20. The van der Waals surface area contributed by atoms with E-state index in [1.54, 1.807) is 0 Å². The molecule has 0 aromatic rings. The maximum atomic E-state index is 3.01. The number of hydrogen-bond donors (Lipinski definition) is 1. The van der Waals surface area contributed by atoms with Gasteiger partial charge in [0.25, 0.3) is 0 Å². The van der Waals surface area contributed by atoms with Crippen LogP contribution in [0.4, 0.5) is 0 Å². The molecule has 0 saturated carbocycles. The number of nitrogens with one attached hydrogen (secondary N) is 1. The predicted molar refractivity (Wildman–Crippen MR) is 51.4 cm³/mol. The van der Waals surface area contributed by atoms with E-state index in [4.69, 9.17) is 0 Å². The molecule has 2 unspecified atom stereocenters. The van der Waals surface area contributed by atoms with Crippen LogP contribution in [0.15, 0.2) is 12.3 Å². The second kappa shape index (κ2) is 5.22. The van der Waals surface area contributed by atoms with Crippen molar-refractivity contribution in [1.29, 1.82) is 0 Å². The van der Waals surface area contributed by atoms with Crippen LogP contribution in [-0.4, -0.2) is 7.05 Å². The first-order valence-corrected chi connectivity index (χ1v) is 4.43. The average molecular weight is 155 g/mol. The Morgan fingerprint density at radius 2 is 1.64 bits per heavy atom. The predicted octanol–water partition coefficient (Wildman–Crippen LogP) is 2.65. The Morgan fingerprint density at radius 1 is 1.09 bits per heavy atom. The van der Waals surface area contributed by atoms with Crippen LogP contribution >= 0.6 is 0 Å². The van der Waals surface area contributed by atoms with Crippen molar-refractivity contribution in [3.8, 4) is 0 Å². The van der Waals surface area contributed by atoms with Gasteiger partial charge in [0.15, 0.2) is 0 Å². The lowest BCUT2D eigenvalue weighted by molar-refractivity contribution is 0.342. The molecule has 0 spiro atoms. The van der Waals surface area contributed by atoms with E-state index >= 15 is 0 Å². The smallest absolute Gasteiger partial charge is 0.00276 e. The Labute approximate surface area is 70.9 Å². The minimum Gasteiger partial charge on any atom is -0.394 e. The molecule has 2 atom stereocenters. The van der Waals surface area contributed by atoms with Crippen molar-refractivity contribution in [2.24, 2.45) is 17.8 Å².